The van der Waals surface area contributed by atoms with E-state index in [9.17, 15) is 4.79 Å². The molecule has 0 amide bonds. The summed E-state index contributed by atoms with van der Waals surface area (Å²) in [5.41, 5.74) is 3.82. The summed E-state index contributed by atoms with van der Waals surface area (Å²) in [5, 5.41) is 3.18. The molecule has 1 N–H and O–H groups in total. The van der Waals surface area contributed by atoms with Crippen LogP contribution in [0.3, 0.4) is 0 Å². The lowest BCUT2D eigenvalue weighted by atomic mass is 9.92. The van der Waals surface area contributed by atoms with Gasteiger partial charge in [0.05, 0.1) is 7.11 Å². The maximum atomic E-state index is 11.4. The van der Waals surface area contributed by atoms with Gasteiger partial charge in [-0.2, -0.15) is 0 Å². The zero-order valence-electron chi connectivity index (χ0n) is 9.04. The van der Waals surface area contributed by atoms with Gasteiger partial charge in [0.25, 0.3) is 0 Å². The SMILES string of the molecule is COC(=O)C1Cc2c(C)cccc2CN1. The van der Waals surface area contributed by atoms with E-state index < -0.39 is 0 Å². The van der Waals surface area contributed by atoms with Crippen LogP contribution in [0.25, 0.3) is 0 Å². The second kappa shape index (κ2) is 4.03. The minimum absolute atomic E-state index is 0.177. The van der Waals surface area contributed by atoms with E-state index in [0.29, 0.717) is 0 Å². The van der Waals surface area contributed by atoms with Gasteiger partial charge < -0.3 is 10.1 Å². The van der Waals surface area contributed by atoms with Crippen molar-refractivity contribution in [1.82, 2.24) is 5.32 Å². The highest BCUT2D eigenvalue weighted by molar-refractivity contribution is 5.76. The summed E-state index contributed by atoms with van der Waals surface area (Å²) < 4.78 is 4.74. The highest BCUT2D eigenvalue weighted by Crippen LogP contribution is 2.20. The van der Waals surface area contributed by atoms with Gasteiger partial charge in [-0.15, -0.1) is 0 Å². The van der Waals surface area contributed by atoms with Crippen LogP contribution in [0.5, 0.6) is 0 Å². The molecule has 0 aliphatic carbocycles. The Balaban J connectivity index is 2.26. The number of nitrogens with one attached hydrogen (secondary N) is 1. The fourth-order valence-corrected chi connectivity index (χ4v) is 2.04. The van der Waals surface area contributed by atoms with Crippen molar-refractivity contribution >= 4 is 5.97 Å². The average molecular weight is 205 g/mol. The van der Waals surface area contributed by atoms with E-state index in [1.54, 1.807) is 0 Å². The molecule has 3 heteroatoms. The van der Waals surface area contributed by atoms with Crippen LogP contribution in [0, 0.1) is 6.92 Å². The molecule has 1 aliphatic heterocycles. The summed E-state index contributed by atoms with van der Waals surface area (Å²) in [5.74, 6) is -0.177. The Morgan fingerprint density at radius 2 is 2.33 bits per heavy atom. The Morgan fingerprint density at radius 1 is 1.53 bits per heavy atom. The minimum Gasteiger partial charge on any atom is -0.468 e. The summed E-state index contributed by atoms with van der Waals surface area (Å²) in [6, 6.07) is 6.04. The van der Waals surface area contributed by atoms with Crippen LogP contribution in [0.1, 0.15) is 16.7 Å². The van der Waals surface area contributed by atoms with Crippen LogP contribution in [0.2, 0.25) is 0 Å². The number of benzene rings is 1. The van der Waals surface area contributed by atoms with E-state index in [1.165, 1.54) is 23.8 Å². The van der Waals surface area contributed by atoms with Crippen LogP contribution in [0.4, 0.5) is 0 Å². The number of aryl methyl sites for hydroxylation is 1. The predicted octanol–water partition coefficient (Wildman–Crippen LogP) is 1.18. The van der Waals surface area contributed by atoms with Gasteiger partial charge in [-0.3, -0.25) is 4.79 Å². The van der Waals surface area contributed by atoms with Gasteiger partial charge in [-0.05, 0) is 30.0 Å². The Morgan fingerprint density at radius 3 is 3.07 bits per heavy atom. The quantitative estimate of drug-likeness (QED) is 0.700. The normalized spacial score (nSPS) is 19.5. The van der Waals surface area contributed by atoms with Gasteiger partial charge in [-0.25, -0.2) is 0 Å². The van der Waals surface area contributed by atoms with Crippen molar-refractivity contribution in [2.45, 2.75) is 25.9 Å². The van der Waals surface area contributed by atoms with Crippen LogP contribution in [-0.2, 0) is 22.5 Å². The number of carbonyl (C=O) groups is 1. The number of esters is 1. The molecule has 0 saturated heterocycles. The highest BCUT2D eigenvalue weighted by Gasteiger charge is 2.25. The molecule has 0 fully saturated rings. The van der Waals surface area contributed by atoms with Gasteiger partial charge in [0.15, 0.2) is 0 Å². The van der Waals surface area contributed by atoms with Crippen molar-refractivity contribution in [1.29, 1.82) is 0 Å². The third-order valence-corrected chi connectivity index (χ3v) is 2.94. The van der Waals surface area contributed by atoms with Gasteiger partial charge in [0.1, 0.15) is 6.04 Å². The zero-order chi connectivity index (χ0) is 10.8. The molecule has 2 rings (SSSR count). The summed E-state index contributed by atoms with van der Waals surface area (Å²) in [6.45, 7) is 2.83. The molecule has 1 atom stereocenters. The Labute approximate surface area is 89.4 Å². The van der Waals surface area contributed by atoms with E-state index in [1.807, 2.05) is 6.07 Å². The van der Waals surface area contributed by atoms with Gasteiger partial charge in [0, 0.05) is 6.54 Å². The van der Waals surface area contributed by atoms with Crippen molar-refractivity contribution in [2.75, 3.05) is 7.11 Å². The molecule has 0 spiro atoms. The fraction of sp³-hybridized carbons (Fsp3) is 0.417. The molecule has 3 nitrogen and oxygen atoms in total. The third kappa shape index (κ3) is 1.88. The van der Waals surface area contributed by atoms with E-state index in [2.05, 4.69) is 24.4 Å². The lowest BCUT2D eigenvalue weighted by Crippen LogP contribution is -2.42. The molecular weight excluding hydrogens is 190 g/mol. The molecule has 0 radical (unpaired) electrons. The molecule has 0 saturated carbocycles. The van der Waals surface area contributed by atoms with Gasteiger partial charge in [0.2, 0.25) is 0 Å². The van der Waals surface area contributed by atoms with Crippen LogP contribution >= 0.6 is 0 Å². The fourth-order valence-electron chi connectivity index (χ4n) is 2.04. The largest absolute Gasteiger partial charge is 0.468 e. The van der Waals surface area contributed by atoms with Crippen LogP contribution in [-0.4, -0.2) is 19.1 Å². The number of carbonyl (C=O) groups excluding carboxylic acids is 1. The molecule has 15 heavy (non-hydrogen) atoms. The maximum absolute atomic E-state index is 11.4. The molecule has 80 valence electrons. The second-order valence-corrected chi connectivity index (χ2v) is 3.87. The van der Waals surface area contributed by atoms with Crippen molar-refractivity contribution in [2.24, 2.45) is 0 Å². The van der Waals surface area contributed by atoms with Gasteiger partial charge >= 0.3 is 5.97 Å². The molecule has 0 bridgehead atoms. The van der Waals surface area contributed by atoms with Crippen molar-refractivity contribution in [3.8, 4) is 0 Å². The number of rotatable bonds is 1. The molecule has 1 heterocycles. The molecule has 1 aromatic rings. The van der Waals surface area contributed by atoms with Crippen molar-refractivity contribution in [3.63, 3.8) is 0 Å². The topological polar surface area (TPSA) is 38.3 Å². The third-order valence-electron chi connectivity index (χ3n) is 2.94. The Bertz CT molecular complexity index is 387. The number of methoxy groups -OCH3 is 1. The van der Waals surface area contributed by atoms with E-state index in [4.69, 9.17) is 4.74 Å². The number of fused-ring (bicyclic) bond motifs is 1. The van der Waals surface area contributed by atoms with Crippen molar-refractivity contribution in [3.05, 3.63) is 34.9 Å². The monoisotopic (exact) mass is 205 g/mol. The van der Waals surface area contributed by atoms with Crippen molar-refractivity contribution < 1.29 is 9.53 Å². The first-order valence-electron chi connectivity index (χ1n) is 5.11. The Kier molecular flexibility index (Phi) is 2.73. The van der Waals surface area contributed by atoms with Crippen LogP contribution < -0.4 is 5.32 Å². The maximum Gasteiger partial charge on any atom is 0.323 e. The lowest BCUT2D eigenvalue weighted by molar-refractivity contribution is -0.143. The molecule has 1 unspecified atom stereocenters. The predicted molar refractivity (Wildman–Crippen MR) is 57.5 cm³/mol. The first kappa shape index (κ1) is 10.2. The molecule has 1 aliphatic rings. The number of ether oxygens (including phenoxy) is 1. The molecule has 1 aromatic carbocycles. The van der Waals surface area contributed by atoms with E-state index in [-0.39, 0.29) is 12.0 Å². The van der Waals surface area contributed by atoms with E-state index in [0.717, 1.165) is 13.0 Å². The summed E-state index contributed by atoms with van der Waals surface area (Å²) in [7, 11) is 1.43. The minimum atomic E-state index is -0.191. The smallest absolute Gasteiger partial charge is 0.323 e. The summed E-state index contributed by atoms with van der Waals surface area (Å²) in [4.78, 5) is 11.4. The summed E-state index contributed by atoms with van der Waals surface area (Å²) in [6.07, 6.45) is 0.731. The van der Waals surface area contributed by atoms with Crippen LogP contribution in [0.15, 0.2) is 18.2 Å². The zero-order valence-corrected chi connectivity index (χ0v) is 9.04. The number of hydrogen-bond acceptors (Lipinski definition) is 3. The molecular formula is C12H15NO2. The second-order valence-electron chi connectivity index (χ2n) is 3.87. The lowest BCUT2D eigenvalue weighted by Gasteiger charge is -2.25. The molecule has 0 aromatic heterocycles. The number of hydrogen-bond donors (Lipinski definition) is 1. The first-order valence-corrected chi connectivity index (χ1v) is 5.11. The highest BCUT2D eigenvalue weighted by atomic mass is 16.5. The van der Waals surface area contributed by atoms with E-state index >= 15 is 0 Å². The first-order chi connectivity index (χ1) is 7.22. The summed E-state index contributed by atoms with van der Waals surface area (Å²) >= 11 is 0. The standard InChI is InChI=1S/C12H15NO2/c1-8-4-3-5-9-7-13-11(6-10(8)9)12(14)15-2/h3-5,11,13H,6-7H2,1-2H3. The average Bonchev–Trinajstić information content (AvgIpc) is 2.28. The Hall–Kier alpha value is -1.35. The van der Waals surface area contributed by atoms with Gasteiger partial charge in [-0.1, -0.05) is 18.2 Å².